The summed E-state index contributed by atoms with van der Waals surface area (Å²) in [5.41, 5.74) is 4.77. The number of imidazole rings is 1. The number of para-hydroxylation sites is 2. The van der Waals surface area contributed by atoms with Crippen molar-refractivity contribution in [3.8, 4) is 0 Å². The van der Waals surface area contributed by atoms with Gasteiger partial charge in [-0.3, -0.25) is 4.79 Å². The maximum atomic E-state index is 12.5. The van der Waals surface area contributed by atoms with Crippen LogP contribution in [0.25, 0.3) is 11.0 Å². The zero-order valence-electron chi connectivity index (χ0n) is 16.9. The van der Waals surface area contributed by atoms with Crippen molar-refractivity contribution in [3.05, 3.63) is 83.6 Å². The molecule has 4 aromatic rings. The predicted octanol–water partition coefficient (Wildman–Crippen LogP) is 4.25. The van der Waals surface area contributed by atoms with E-state index in [-0.39, 0.29) is 5.91 Å². The van der Waals surface area contributed by atoms with Gasteiger partial charge in [0.05, 0.1) is 11.0 Å². The maximum absolute atomic E-state index is 12.5. The molecule has 0 atom stereocenters. The highest BCUT2D eigenvalue weighted by Gasteiger charge is 2.10. The highest BCUT2D eigenvalue weighted by atomic mass is 32.2. The van der Waals surface area contributed by atoms with E-state index in [4.69, 9.17) is 0 Å². The Balaban J connectivity index is 1.34. The minimum absolute atomic E-state index is 0.0972. The van der Waals surface area contributed by atoms with Crippen molar-refractivity contribution >= 4 is 34.5 Å². The van der Waals surface area contributed by atoms with Gasteiger partial charge in [-0.25, -0.2) is 9.97 Å². The third-order valence-corrected chi connectivity index (χ3v) is 5.63. The number of aromatic amines is 1. The largest absolute Gasteiger partial charge is 0.362 e. The van der Waals surface area contributed by atoms with E-state index in [2.05, 4.69) is 20.3 Å². The number of H-pyrrole nitrogens is 1. The first-order valence-corrected chi connectivity index (χ1v) is 10.6. The van der Waals surface area contributed by atoms with E-state index in [0.717, 1.165) is 38.9 Å². The Kier molecular flexibility index (Phi) is 5.99. The van der Waals surface area contributed by atoms with E-state index in [1.165, 1.54) is 0 Å². The lowest BCUT2D eigenvalue weighted by Gasteiger charge is -2.16. The molecule has 7 heteroatoms. The van der Waals surface area contributed by atoms with Crippen molar-refractivity contribution in [2.45, 2.75) is 17.5 Å². The van der Waals surface area contributed by atoms with Gasteiger partial charge in [-0.05, 0) is 35.9 Å². The Labute approximate surface area is 179 Å². The minimum Gasteiger partial charge on any atom is -0.362 e. The van der Waals surface area contributed by atoms with E-state index in [9.17, 15) is 4.79 Å². The van der Waals surface area contributed by atoms with Crippen LogP contribution in [0, 0.1) is 0 Å². The van der Waals surface area contributed by atoms with Crippen LogP contribution in [-0.4, -0.2) is 35.0 Å². The van der Waals surface area contributed by atoms with Crippen LogP contribution >= 0.6 is 11.8 Å². The van der Waals surface area contributed by atoms with Crippen molar-refractivity contribution < 1.29 is 4.79 Å². The quantitative estimate of drug-likeness (QED) is 0.440. The highest BCUT2D eigenvalue weighted by Crippen LogP contribution is 2.23. The molecule has 4 rings (SSSR count). The molecule has 2 heterocycles. The van der Waals surface area contributed by atoms with Crippen LogP contribution in [0.5, 0.6) is 0 Å². The van der Waals surface area contributed by atoms with E-state index < -0.39 is 0 Å². The van der Waals surface area contributed by atoms with Gasteiger partial charge in [0.1, 0.15) is 5.82 Å². The fourth-order valence-electron chi connectivity index (χ4n) is 3.15. The van der Waals surface area contributed by atoms with Crippen LogP contribution in [0.2, 0.25) is 0 Å². The summed E-state index contributed by atoms with van der Waals surface area (Å²) in [5.74, 6) is 1.54. The van der Waals surface area contributed by atoms with Gasteiger partial charge in [-0.1, -0.05) is 42.1 Å². The van der Waals surface area contributed by atoms with E-state index >= 15 is 0 Å². The number of carbonyl (C=O) groups is 1. The van der Waals surface area contributed by atoms with Crippen LogP contribution < -0.4 is 10.2 Å². The maximum Gasteiger partial charge on any atom is 0.251 e. The first-order valence-electron chi connectivity index (χ1n) is 9.66. The number of anilines is 1. The summed E-state index contributed by atoms with van der Waals surface area (Å²) >= 11 is 1.65. The van der Waals surface area contributed by atoms with Crippen LogP contribution in [0.15, 0.2) is 72.0 Å². The number of fused-ring (bicyclic) bond motifs is 1. The summed E-state index contributed by atoms with van der Waals surface area (Å²) in [7, 11) is 3.88. The minimum atomic E-state index is -0.0972. The molecular formula is C23H23N5OS. The van der Waals surface area contributed by atoms with Gasteiger partial charge in [-0.15, -0.1) is 0 Å². The van der Waals surface area contributed by atoms with Gasteiger partial charge in [0.25, 0.3) is 5.91 Å². The van der Waals surface area contributed by atoms with Crippen LogP contribution in [0.4, 0.5) is 5.82 Å². The van der Waals surface area contributed by atoms with Gasteiger partial charge >= 0.3 is 0 Å². The average Bonchev–Trinajstić information content (AvgIpc) is 3.19. The molecule has 1 amide bonds. The molecule has 2 N–H and O–H groups in total. The molecule has 6 nitrogen and oxygen atoms in total. The summed E-state index contributed by atoms with van der Waals surface area (Å²) in [5, 5.41) is 3.87. The summed E-state index contributed by atoms with van der Waals surface area (Å²) in [4.78, 5) is 26.7. The van der Waals surface area contributed by atoms with Gasteiger partial charge in [-0.2, -0.15) is 0 Å². The Hall–Kier alpha value is -3.32. The number of hydrogen-bond acceptors (Lipinski definition) is 5. The molecule has 0 spiro atoms. The molecule has 0 aliphatic carbocycles. The fraction of sp³-hybridized carbons (Fsp3) is 0.174. The Morgan fingerprint density at radius 2 is 1.87 bits per heavy atom. The molecule has 0 fully saturated rings. The standard InChI is InChI=1S/C23H23N5OS/c1-28(2)21-18(6-5-13-24-21)14-25-22(29)17-11-9-16(10-12-17)15-30-23-26-19-7-3-4-8-20(19)27-23/h3-13H,14-15H2,1-2H3,(H,25,29)(H,26,27). The highest BCUT2D eigenvalue weighted by molar-refractivity contribution is 7.98. The van der Waals surface area contributed by atoms with Crippen LogP contribution in [-0.2, 0) is 12.3 Å². The molecule has 0 saturated carbocycles. The van der Waals surface area contributed by atoms with Crippen molar-refractivity contribution in [2.24, 2.45) is 0 Å². The molecule has 2 aromatic heterocycles. The lowest BCUT2D eigenvalue weighted by atomic mass is 10.1. The van der Waals surface area contributed by atoms with Crippen molar-refractivity contribution in [2.75, 3.05) is 19.0 Å². The molecule has 0 aliphatic heterocycles. The predicted molar refractivity (Wildman–Crippen MR) is 122 cm³/mol. The molecule has 152 valence electrons. The van der Waals surface area contributed by atoms with Gasteiger partial charge in [0.15, 0.2) is 5.16 Å². The molecule has 2 aromatic carbocycles. The molecule has 30 heavy (non-hydrogen) atoms. The number of carbonyl (C=O) groups excluding carboxylic acids is 1. The first-order chi connectivity index (χ1) is 14.6. The second kappa shape index (κ2) is 9.00. The van der Waals surface area contributed by atoms with Gasteiger partial charge in [0, 0.05) is 43.7 Å². The zero-order chi connectivity index (χ0) is 20.9. The first kappa shape index (κ1) is 20.0. The monoisotopic (exact) mass is 417 g/mol. The SMILES string of the molecule is CN(C)c1ncccc1CNC(=O)c1ccc(CSc2nc3ccccc3[nH]2)cc1. The number of rotatable bonds is 7. The molecular weight excluding hydrogens is 394 g/mol. The van der Waals surface area contributed by atoms with Crippen LogP contribution in [0.1, 0.15) is 21.5 Å². The molecule has 0 aliphatic rings. The fourth-order valence-corrected chi connectivity index (χ4v) is 3.99. The normalized spacial score (nSPS) is 10.9. The van der Waals surface area contributed by atoms with E-state index in [0.29, 0.717) is 12.1 Å². The molecule has 0 radical (unpaired) electrons. The van der Waals surface area contributed by atoms with Crippen molar-refractivity contribution in [1.29, 1.82) is 0 Å². The van der Waals surface area contributed by atoms with Gasteiger partial charge < -0.3 is 15.2 Å². The number of pyridine rings is 1. The van der Waals surface area contributed by atoms with E-state index in [1.807, 2.05) is 79.7 Å². The molecule has 0 bridgehead atoms. The Bertz CT molecular complexity index is 1120. The van der Waals surface area contributed by atoms with Crippen molar-refractivity contribution in [3.63, 3.8) is 0 Å². The van der Waals surface area contributed by atoms with Crippen molar-refractivity contribution in [1.82, 2.24) is 20.3 Å². The second-order valence-corrected chi connectivity index (χ2v) is 8.07. The number of nitrogens with one attached hydrogen (secondary N) is 2. The summed E-state index contributed by atoms with van der Waals surface area (Å²) < 4.78 is 0. The van der Waals surface area contributed by atoms with E-state index in [1.54, 1.807) is 18.0 Å². The van der Waals surface area contributed by atoms with Gasteiger partial charge in [0.2, 0.25) is 0 Å². The number of thioether (sulfide) groups is 1. The summed E-state index contributed by atoms with van der Waals surface area (Å²) in [6, 6.07) is 19.5. The number of amides is 1. The third-order valence-electron chi connectivity index (χ3n) is 4.69. The summed E-state index contributed by atoms with van der Waals surface area (Å²) in [6.07, 6.45) is 1.75. The number of nitrogens with zero attached hydrogens (tertiary/aromatic N) is 3. The lowest BCUT2D eigenvalue weighted by Crippen LogP contribution is -2.24. The number of aromatic nitrogens is 3. The lowest BCUT2D eigenvalue weighted by molar-refractivity contribution is 0.0951. The Morgan fingerprint density at radius 1 is 1.07 bits per heavy atom. The average molecular weight is 418 g/mol. The molecule has 0 saturated heterocycles. The smallest absolute Gasteiger partial charge is 0.251 e. The van der Waals surface area contributed by atoms with Crippen LogP contribution in [0.3, 0.4) is 0 Å². The Morgan fingerprint density at radius 3 is 2.63 bits per heavy atom. The number of hydrogen-bond donors (Lipinski definition) is 2. The topological polar surface area (TPSA) is 73.9 Å². The number of benzene rings is 2. The summed E-state index contributed by atoms with van der Waals surface area (Å²) in [6.45, 7) is 0.434. The third kappa shape index (κ3) is 4.63. The zero-order valence-corrected chi connectivity index (χ0v) is 17.7. The second-order valence-electron chi connectivity index (χ2n) is 7.11. The molecule has 0 unspecified atom stereocenters.